The van der Waals surface area contributed by atoms with Gasteiger partial charge in [-0.1, -0.05) is 38.1 Å². The van der Waals surface area contributed by atoms with Crippen molar-refractivity contribution in [2.75, 3.05) is 6.79 Å². The van der Waals surface area contributed by atoms with Gasteiger partial charge in [0.05, 0.1) is 11.1 Å². The molecular formula is C26H20O6. The minimum absolute atomic E-state index is 0.127. The summed E-state index contributed by atoms with van der Waals surface area (Å²) >= 11 is 0. The number of allylic oxidation sites excluding steroid dienone is 1. The average molecular weight is 428 g/mol. The summed E-state index contributed by atoms with van der Waals surface area (Å²) in [6, 6.07) is 17.6. The van der Waals surface area contributed by atoms with Crippen LogP contribution in [0.4, 0.5) is 0 Å². The van der Waals surface area contributed by atoms with Crippen LogP contribution in [0.3, 0.4) is 0 Å². The molecule has 32 heavy (non-hydrogen) atoms. The Morgan fingerprint density at radius 3 is 2.50 bits per heavy atom. The Balaban J connectivity index is 1.33. The van der Waals surface area contributed by atoms with Gasteiger partial charge in [-0.05, 0) is 53.5 Å². The third kappa shape index (κ3) is 3.71. The van der Waals surface area contributed by atoms with Crippen molar-refractivity contribution < 1.29 is 28.5 Å². The third-order valence-electron chi connectivity index (χ3n) is 5.36. The molecule has 160 valence electrons. The van der Waals surface area contributed by atoms with Gasteiger partial charge in [0.1, 0.15) is 11.5 Å². The Kier molecular flexibility index (Phi) is 4.90. The molecule has 0 spiro atoms. The van der Waals surface area contributed by atoms with Gasteiger partial charge in [-0.2, -0.15) is 0 Å². The number of ether oxygens (including phenoxy) is 4. The number of benzene rings is 3. The highest BCUT2D eigenvalue weighted by atomic mass is 16.7. The number of ketones is 1. The van der Waals surface area contributed by atoms with E-state index in [1.165, 1.54) is 5.56 Å². The minimum atomic E-state index is -0.548. The third-order valence-corrected chi connectivity index (χ3v) is 5.36. The quantitative estimate of drug-likeness (QED) is 0.316. The zero-order valence-electron chi connectivity index (χ0n) is 17.6. The van der Waals surface area contributed by atoms with Crippen LogP contribution < -0.4 is 18.9 Å². The zero-order chi connectivity index (χ0) is 22.2. The van der Waals surface area contributed by atoms with Gasteiger partial charge in [-0.15, -0.1) is 0 Å². The van der Waals surface area contributed by atoms with Crippen LogP contribution in [-0.4, -0.2) is 18.5 Å². The van der Waals surface area contributed by atoms with E-state index in [2.05, 4.69) is 13.8 Å². The summed E-state index contributed by atoms with van der Waals surface area (Å²) in [7, 11) is 0. The largest absolute Gasteiger partial charge is 0.454 e. The number of carbonyl (C=O) groups is 2. The van der Waals surface area contributed by atoms with Crippen molar-refractivity contribution in [3.05, 3.63) is 88.7 Å². The second kappa shape index (κ2) is 7.89. The SMILES string of the molecule is CC(C)c1ccc(C=C2Oc3cc(OC(=O)c4ccc5c(c4)OCO5)ccc3C2=O)cc1. The van der Waals surface area contributed by atoms with Crippen molar-refractivity contribution in [2.45, 2.75) is 19.8 Å². The van der Waals surface area contributed by atoms with Gasteiger partial charge >= 0.3 is 5.97 Å². The molecular weight excluding hydrogens is 408 g/mol. The molecule has 2 aliphatic heterocycles. The van der Waals surface area contributed by atoms with Crippen molar-refractivity contribution in [1.82, 2.24) is 0 Å². The van der Waals surface area contributed by atoms with E-state index < -0.39 is 5.97 Å². The smallest absolute Gasteiger partial charge is 0.343 e. The van der Waals surface area contributed by atoms with Crippen LogP contribution in [0.25, 0.3) is 6.08 Å². The summed E-state index contributed by atoms with van der Waals surface area (Å²) in [6.07, 6.45) is 1.71. The molecule has 0 atom stereocenters. The molecule has 5 rings (SSSR count). The number of fused-ring (bicyclic) bond motifs is 2. The number of Topliss-reactive ketones (excluding diaryl/α,β-unsaturated/α-hetero) is 1. The molecule has 0 N–H and O–H groups in total. The predicted molar refractivity (Wildman–Crippen MR) is 117 cm³/mol. The summed E-state index contributed by atoms with van der Waals surface area (Å²) in [5.41, 5.74) is 2.86. The van der Waals surface area contributed by atoms with Crippen molar-refractivity contribution in [1.29, 1.82) is 0 Å². The molecule has 0 amide bonds. The molecule has 0 aromatic heterocycles. The maximum atomic E-state index is 12.7. The van der Waals surface area contributed by atoms with E-state index in [4.69, 9.17) is 18.9 Å². The van der Waals surface area contributed by atoms with Gasteiger partial charge in [-0.3, -0.25) is 4.79 Å². The fourth-order valence-corrected chi connectivity index (χ4v) is 3.55. The van der Waals surface area contributed by atoms with E-state index in [0.29, 0.717) is 34.3 Å². The molecule has 3 aromatic carbocycles. The highest BCUT2D eigenvalue weighted by molar-refractivity contribution is 6.14. The summed E-state index contributed by atoms with van der Waals surface area (Å²) in [4.78, 5) is 25.2. The Morgan fingerprint density at radius 2 is 1.72 bits per heavy atom. The van der Waals surface area contributed by atoms with Crippen LogP contribution in [0.15, 0.2) is 66.4 Å². The first-order valence-corrected chi connectivity index (χ1v) is 10.3. The number of hydrogen-bond acceptors (Lipinski definition) is 6. The van der Waals surface area contributed by atoms with Crippen LogP contribution in [-0.2, 0) is 0 Å². The lowest BCUT2D eigenvalue weighted by Gasteiger charge is -2.06. The van der Waals surface area contributed by atoms with Crippen molar-refractivity contribution in [2.24, 2.45) is 0 Å². The lowest BCUT2D eigenvalue weighted by Crippen LogP contribution is -2.08. The van der Waals surface area contributed by atoms with Gasteiger partial charge in [0.25, 0.3) is 0 Å². The second-order valence-electron chi connectivity index (χ2n) is 7.88. The van der Waals surface area contributed by atoms with Crippen LogP contribution in [0, 0.1) is 0 Å². The van der Waals surface area contributed by atoms with Crippen molar-refractivity contribution >= 4 is 17.8 Å². The Morgan fingerprint density at radius 1 is 0.938 bits per heavy atom. The van der Waals surface area contributed by atoms with Crippen molar-refractivity contribution in [3.8, 4) is 23.0 Å². The van der Waals surface area contributed by atoms with Crippen LogP contribution in [0.1, 0.15) is 51.6 Å². The number of esters is 1. The Bertz CT molecular complexity index is 1250. The summed E-state index contributed by atoms with van der Waals surface area (Å²) in [5.74, 6) is 1.64. The zero-order valence-corrected chi connectivity index (χ0v) is 17.6. The molecule has 3 aromatic rings. The molecule has 2 heterocycles. The first-order valence-electron chi connectivity index (χ1n) is 10.3. The standard InChI is InChI=1S/C26H20O6/c1-15(2)17-5-3-16(4-6-17)11-24-25(27)20-9-8-19(13-22(20)32-24)31-26(28)18-7-10-21-23(12-18)30-14-29-21/h3-13,15H,14H2,1-2H3. The summed E-state index contributed by atoms with van der Waals surface area (Å²) < 4.78 is 21.8. The topological polar surface area (TPSA) is 71.1 Å². The molecule has 0 fully saturated rings. The fraction of sp³-hybridized carbons (Fsp3) is 0.154. The fourth-order valence-electron chi connectivity index (χ4n) is 3.55. The van der Waals surface area contributed by atoms with Gasteiger partial charge < -0.3 is 18.9 Å². The highest BCUT2D eigenvalue weighted by Gasteiger charge is 2.28. The van der Waals surface area contributed by atoms with Crippen LogP contribution >= 0.6 is 0 Å². The first kappa shape index (κ1) is 19.9. The van der Waals surface area contributed by atoms with E-state index in [9.17, 15) is 9.59 Å². The summed E-state index contributed by atoms with van der Waals surface area (Å²) in [6.45, 7) is 4.39. The Labute approximate surface area is 185 Å². The predicted octanol–water partition coefficient (Wildman–Crippen LogP) is 5.37. The molecule has 0 radical (unpaired) electrons. The molecule has 0 saturated carbocycles. The second-order valence-corrected chi connectivity index (χ2v) is 7.88. The van der Waals surface area contributed by atoms with E-state index in [0.717, 1.165) is 5.56 Å². The maximum absolute atomic E-state index is 12.7. The molecule has 2 aliphatic rings. The number of carbonyl (C=O) groups excluding carboxylic acids is 2. The van der Waals surface area contributed by atoms with E-state index in [1.807, 2.05) is 24.3 Å². The maximum Gasteiger partial charge on any atom is 0.343 e. The van der Waals surface area contributed by atoms with Crippen LogP contribution in [0.5, 0.6) is 23.0 Å². The van der Waals surface area contributed by atoms with Gasteiger partial charge in [0, 0.05) is 6.07 Å². The molecule has 0 bridgehead atoms. The average Bonchev–Trinajstić information content (AvgIpc) is 3.38. The van der Waals surface area contributed by atoms with Crippen molar-refractivity contribution in [3.63, 3.8) is 0 Å². The number of hydrogen-bond donors (Lipinski definition) is 0. The minimum Gasteiger partial charge on any atom is -0.454 e. The molecule has 0 saturated heterocycles. The van der Waals surface area contributed by atoms with E-state index in [1.54, 1.807) is 42.5 Å². The normalized spacial score (nSPS) is 15.1. The highest BCUT2D eigenvalue weighted by Crippen LogP contribution is 2.36. The van der Waals surface area contributed by atoms with E-state index >= 15 is 0 Å². The lowest BCUT2D eigenvalue weighted by molar-refractivity contribution is 0.0734. The van der Waals surface area contributed by atoms with E-state index in [-0.39, 0.29) is 24.1 Å². The van der Waals surface area contributed by atoms with Gasteiger partial charge in [-0.25, -0.2) is 4.79 Å². The lowest BCUT2D eigenvalue weighted by atomic mass is 10.0. The van der Waals surface area contributed by atoms with Gasteiger partial charge in [0.15, 0.2) is 17.3 Å². The Hall–Kier alpha value is -4.06. The molecule has 0 unspecified atom stereocenters. The number of rotatable bonds is 4. The molecule has 0 aliphatic carbocycles. The van der Waals surface area contributed by atoms with Gasteiger partial charge in [0.2, 0.25) is 12.6 Å². The van der Waals surface area contributed by atoms with Crippen LogP contribution in [0.2, 0.25) is 0 Å². The molecule has 6 heteroatoms. The first-order chi connectivity index (χ1) is 15.5. The monoisotopic (exact) mass is 428 g/mol. The summed E-state index contributed by atoms with van der Waals surface area (Å²) in [5, 5.41) is 0. The molecule has 6 nitrogen and oxygen atoms in total.